The number of aryl methyl sites for hydroxylation is 2. The molecule has 1 aromatic heterocycles. The summed E-state index contributed by atoms with van der Waals surface area (Å²) in [6.07, 6.45) is 3.46. The molecule has 1 amide bonds. The summed E-state index contributed by atoms with van der Waals surface area (Å²) in [6, 6.07) is 9.66. The van der Waals surface area contributed by atoms with E-state index in [0.29, 0.717) is 19.0 Å². The first-order valence-corrected chi connectivity index (χ1v) is 8.89. The monoisotopic (exact) mass is 342 g/mol. The Kier molecular flexibility index (Phi) is 5.71. The molecule has 1 aliphatic heterocycles. The Labute approximate surface area is 148 Å². The molecule has 2 heterocycles. The first kappa shape index (κ1) is 17.5. The molecule has 1 N–H and O–H groups in total. The summed E-state index contributed by atoms with van der Waals surface area (Å²) in [5.41, 5.74) is 1.89. The molecule has 0 aliphatic carbocycles. The number of piperidine rings is 1. The van der Waals surface area contributed by atoms with E-state index in [1.54, 1.807) is 4.68 Å². The van der Waals surface area contributed by atoms with E-state index >= 15 is 0 Å². The highest BCUT2D eigenvalue weighted by atomic mass is 16.5. The number of nitrogens with one attached hydrogen (secondary N) is 1. The van der Waals surface area contributed by atoms with Crippen molar-refractivity contribution in [3.63, 3.8) is 0 Å². The van der Waals surface area contributed by atoms with Gasteiger partial charge < -0.3 is 15.0 Å². The van der Waals surface area contributed by atoms with Gasteiger partial charge in [-0.1, -0.05) is 18.2 Å². The fourth-order valence-corrected chi connectivity index (χ4v) is 3.16. The molecule has 134 valence electrons. The molecule has 25 heavy (non-hydrogen) atoms. The van der Waals surface area contributed by atoms with Crippen molar-refractivity contribution in [3.05, 3.63) is 41.6 Å². The maximum Gasteiger partial charge on any atom is 0.236 e. The van der Waals surface area contributed by atoms with Crippen LogP contribution in [0.25, 0.3) is 0 Å². The van der Waals surface area contributed by atoms with Gasteiger partial charge in [0.1, 0.15) is 5.75 Å². The molecular weight excluding hydrogens is 316 g/mol. The Hall–Kier alpha value is -2.34. The number of aromatic nitrogens is 2. The highest BCUT2D eigenvalue weighted by Gasteiger charge is 2.18. The second-order valence-electron chi connectivity index (χ2n) is 6.45. The van der Waals surface area contributed by atoms with Crippen LogP contribution in [-0.4, -0.2) is 40.2 Å². The smallest absolute Gasteiger partial charge is 0.236 e. The van der Waals surface area contributed by atoms with Gasteiger partial charge in [-0.05, 0) is 38.3 Å². The third kappa shape index (κ3) is 4.39. The van der Waals surface area contributed by atoms with E-state index in [-0.39, 0.29) is 5.91 Å². The van der Waals surface area contributed by atoms with Crippen molar-refractivity contribution >= 4 is 5.91 Å². The molecule has 1 saturated heterocycles. The molecule has 2 aromatic rings. The van der Waals surface area contributed by atoms with Crippen molar-refractivity contribution in [1.29, 1.82) is 0 Å². The third-order valence-corrected chi connectivity index (χ3v) is 4.53. The fraction of sp³-hybridized carbons (Fsp3) is 0.474. The van der Waals surface area contributed by atoms with Crippen LogP contribution in [0, 0.1) is 6.92 Å². The lowest BCUT2D eigenvalue weighted by Gasteiger charge is -2.26. The topological polar surface area (TPSA) is 59.4 Å². The minimum atomic E-state index is 0.173. The molecule has 1 aromatic carbocycles. The van der Waals surface area contributed by atoms with E-state index < -0.39 is 0 Å². The summed E-state index contributed by atoms with van der Waals surface area (Å²) in [5.74, 6) is 1.66. The summed E-state index contributed by atoms with van der Waals surface area (Å²) in [5, 5.41) is 7.71. The summed E-state index contributed by atoms with van der Waals surface area (Å²) >= 11 is 0. The Morgan fingerprint density at radius 1 is 1.20 bits per heavy atom. The summed E-state index contributed by atoms with van der Waals surface area (Å²) in [7, 11) is 1.87. The number of rotatable bonds is 6. The number of hydrogen-bond acceptors (Lipinski definition) is 4. The lowest BCUT2D eigenvalue weighted by atomic mass is 10.1. The van der Waals surface area contributed by atoms with Crippen molar-refractivity contribution in [2.45, 2.75) is 32.7 Å². The van der Waals surface area contributed by atoms with Crippen LogP contribution in [0.5, 0.6) is 11.6 Å². The molecule has 6 nitrogen and oxygen atoms in total. The lowest BCUT2D eigenvalue weighted by Crippen LogP contribution is -2.41. The van der Waals surface area contributed by atoms with E-state index in [2.05, 4.69) is 10.4 Å². The Bertz CT molecular complexity index is 706. The Balaban J connectivity index is 1.61. The number of nitrogens with zero attached hydrogens (tertiary/aromatic N) is 3. The quantitative estimate of drug-likeness (QED) is 0.877. The number of para-hydroxylation sites is 1. The maximum atomic E-state index is 12.3. The van der Waals surface area contributed by atoms with Crippen LogP contribution >= 0.6 is 0 Å². The predicted octanol–water partition coefficient (Wildman–Crippen LogP) is 2.62. The van der Waals surface area contributed by atoms with Gasteiger partial charge in [-0.15, -0.1) is 0 Å². The van der Waals surface area contributed by atoms with Crippen molar-refractivity contribution in [3.8, 4) is 11.6 Å². The second kappa shape index (κ2) is 8.16. The highest BCUT2D eigenvalue weighted by Crippen LogP contribution is 2.26. The Morgan fingerprint density at radius 3 is 2.64 bits per heavy atom. The van der Waals surface area contributed by atoms with Gasteiger partial charge >= 0.3 is 0 Å². The molecule has 0 bridgehead atoms. The first-order chi connectivity index (χ1) is 12.1. The standard InChI is InChI=1S/C19H26N4O2/c1-15-17(13-20-14-18(24)23-11-7-4-8-12-23)19(22(2)21-15)25-16-9-5-3-6-10-16/h3,5-6,9-10,20H,4,7-8,11-14H2,1-2H3. The van der Waals surface area contributed by atoms with Crippen LogP contribution in [0.4, 0.5) is 0 Å². The van der Waals surface area contributed by atoms with Gasteiger partial charge in [0.15, 0.2) is 0 Å². The van der Waals surface area contributed by atoms with E-state index in [4.69, 9.17) is 4.74 Å². The average Bonchev–Trinajstić information content (AvgIpc) is 2.90. The summed E-state index contributed by atoms with van der Waals surface area (Å²) in [6.45, 7) is 4.63. The van der Waals surface area contributed by atoms with Gasteiger partial charge in [-0.25, -0.2) is 4.68 Å². The van der Waals surface area contributed by atoms with Gasteiger partial charge in [-0.3, -0.25) is 4.79 Å². The van der Waals surface area contributed by atoms with Crippen molar-refractivity contribution < 1.29 is 9.53 Å². The van der Waals surface area contributed by atoms with Crippen LogP contribution in [-0.2, 0) is 18.4 Å². The number of likely N-dealkylation sites (tertiary alicyclic amines) is 1. The molecule has 0 unspecified atom stereocenters. The summed E-state index contributed by atoms with van der Waals surface area (Å²) in [4.78, 5) is 14.2. The van der Waals surface area contributed by atoms with Gasteiger partial charge in [0, 0.05) is 26.7 Å². The van der Waals surface area contributed by atoms with E-state index in [1.165, 1.54) is 6.42 Å². The number of ether oxygens (including phenoxy) is 1. The van der Waals surface area contributed by atoms with Crippen LogP contribution in [0.3, 0.4) is 0 Å². The fourth-order valence-electron chi connectivity index (χ4n) is 3.16. The van der Waals surface area contributed by atoms with Crippen molar-refractivity contribution in [1.82, 2.24) is 20.0 Å². The normalized spacial score (nSPS) is 14.6. The molecule has 1 aliphatic rings. The zero-order valence-corrected chi connectivity index (χ0v) is 15.0. The molecule has 0 spiro atoms. The second-order valence-corrected chi connectivity index (χ2v) is 6.45. The molecule has 6 heteroatoms. The first-order valence-electron chi connectivity index (χ1n) is 8.89. The Morgan fingerprint density at radius 2 is 1.92 bits per heavy atom. The van der Waals surface area contributed by atoms with Crippen LogP contribution in [0.15, 0.2) is 30.3 Å². The number of amides is 1. The van der Waals surface area contributed by atoms with E-state index in [1.807, 2.05) is 49.2 Å². The zero-order chi connectivity index (χ0) is 17.6. The molecule has 1 fully saturated rings. The maximum absolute atomic E-state index is 12.3. The van der Waals surface area contributed by atoms with Crippen LogP contribution < -0.4 is 10.1 Å². The van der Waals surface area contributed by atoms with Crippen molar-refractivity contribution in [2.75, 3.05) is 19.6 Å². The minimum Gasteiger partial charge on any atom is -0.439 e. The number of carbonyl (C=O) groups excluding carboxylic acids is 1. The van der Waals surface area contributed by atoms with Gasteiger partial charge in [-0.2, -0.15) is 5.10 Å². The summed E-state index contributed by atoms with van der Waals surface area (Å²) < 4.78 is 7.74. The van der Waals surface area contributed by atoms with Crippen molar-refractivity contribution in [2.24, 2.45) is 7.05 Å². The number of hydrogen-bond donors (Lipinski definition) is 1. The van der Waals surface area contributed by atoms with Crippen LogP contribution in [0.2, 0.25) is 0 Å². The molecule has 0 atom stereocenters. The van der Waals surface area contributed by atoms with E-state index in [9.17, 15) is 4.79 Å². The zero-order valence-electron chi connectivity index (χ0n) is 15.0. The van der Waals surface area contributed by atoms with Crippen LogP contribution in [0.1, 0.15) is 30.5 Å². The SMILES string of the molecule is Cc1nn(C)c(Oc2ccccc2)c1CNCC(=O)N1CCCCC1. The van der Waals surface area contributed by atoms with Gasteiger partial charge in [0.25, 0.3) is 0 Å². The number of benzene rings is 1. The third-order valence-electron chi connectivity index (χ3n) is 4.53. The number of carbonyl (C=O) groups is 1. The largest absolute Gasteiger partial charge is 0.439 e. The average molecular weight is 342 g/mol. The molecule has 0 saturated carbocycles. The molecular formula is C19H26N4O2. The van der Waals surface area contributed by atoms with Gasteiger partial charge in [0.05, 0.1) is 17.8 Å². The lowest BCUT2D eigenvalue weighted by molar-refractivity contribution is -0.131. The molecule has 0 radical (unpaired) electrons. The van der Waals surface area contributed by atoms with E-state index in [0.717, 1.165) is 42.9 Å². The predicted molar refractivity (Wildman–Crippen MR) is 96.6 cm³/mol. The molecule has 3 rings (SSSR count). The highest BCUT2D eigenvalue weighted by molar-refractivity contribution is 5.78. The minimum absolute atomic E-state index is 0.173. The van der Waals surface area contributed by atoms with Gasteiger partial charge in [0.2, 0.25) is 11.8 Å².